The van der Waals surface area contributed by atoms with Crippen LogP contribution in [0.15, 0.2) is 17.5 Å². The summed E-state index contributed by atoms with van der Waals surface area (Å²) in [5.74, 6) is -0.00220. The van der Waals surface area contributed by atoms with Gasteiger partial charge in [0.25, 0.3) is 0 Å². The highest BCUT2D eigenvalue weighted by atomic mass is 32.1. The minimum Gasteiger partial charge on any atom is -0.383 e. The van der Waals surface area contributed by atoms with Gasteiger partial charge in [0, 0.05) is 44.7 Å². The van der Waals surface area contributed by atoms with Gasteiger partial charge in [-0.2, -0.15) is 0 Å². The van der Waals surface area contributed by atoms with E-state index in [-0.39, 0.29) is 12.5 Å². The van der Waals surface area contributed by atoms with E-state index in [1.807, 2.05) is 4.90 Å². The van der Waals surface area contributed by atoms with Gasteiger partial charge in [-0.15, -0.1) is 11.3 Å². The number of thiophene rings is 1. The van der Waals surface area contributed by atoms with Gasteiger partial charge < -0.3 is 15.4 Å². The first-order valence-corrected chi connectivity index (χ1v) is 7.36. The van der Waals surface area contributed by atoms with Crippen LogP contribution >= 0.6 is 11.3 Å². The Hall–Kier alpha value is -0.950. The maximum Gasteiger partial charge on any atom is 0.241 e. The van der Waals surface area contributed by atoms with Gasteiger partial charge in [-0.05, 0) is 11.4 Å². The highest BCUT2D eigenvalue weighted by Crippen LogP contribution is 2.13. The third kappa shape index (κ3) is 4.01. The molecule has 1 fully saturated rings. The molecule has 5 nitrogen and oxygen atoms in total. The molecular formula is C13H21N3O2S. The summed E-state index contributed by atoms with van der Waals surface area (Å²) in [6.07, 6.45) is 0. The first-order chi connectivity index (χ1) is 9.20. The first kappa shape index (κ1) is 14.5. The van der Waals surface area contributed by atoms with E-state index in [4.69, 9.17) is 10.5 Å². The Bertz CT molecular complexity index is 389. The highest BCUT2D eigenvalue weighted by Gasteiger charge is 2.25. The summed E-state index contributed by atoms with van der Waals surface area (Å²) in [6, 6.07) is 3.69. The Kier molecular flexibility index (Phi) is 5.33. The smallest absolute Gasteiger partial charge is 0.241 e. The fraction of sp³-hybridized carbons (Fsp3) is 0.615. The molecule has 106 valence electrons. The van der Waals surface area contributed by atoms with Crippen molar-refractivity contribution in [1.29, 1.82) is 0 Å². The zero-order valence-electron chi connectivity index (χ0n) is 11.2. The molecule has 19 heavy (non-hydrogen) atoms. The predicted molar refractivity (Wildman–Crippen MR) is 76.0 cm³/mol. The van der Waals surface area contributed by atoms with Crippen molar-refractivity contribution in [2.24, 2.45) is 5.73 Å². The van der Waals surface area contributed by atoms with Crippen LogP contribution in [0.25, 0.3) is 0 Å². The summed E-state index contributed by atoms with van der Waals surface area (Å²) >= 11 is 1.78. The van der Waals surface area contributed by atoms with E-state index in [0.29, 0.717) is 0 Å². The zero-order chi connectivity index (χ0) is 13.7. The molecule has 1 unspecified atom stereocenters. The van der Waals surface area contributed by atoms with Crippen molar-refractivity contribution in [3.63, 3.8) is 0 Å². The van der Waals surface area contributed by atoms with Crippen molar-refractivity contribution in [3.8, 4) is 0 Å². The summed E-state index contributed by atoms with van der Waals surface area (Å²) in [5, 5.41) is 2.10. The molecule has 1 saturated heterocycles. The van der Waals surface area contributed by atoms with Gasteiger partial charge in [0.2, 0.25) is 5.91 Å². The van der Waals surface area contributed by atoms with Crippen LogP contribution in [-0.2, 0) is 16.1 Å². The number of methoxy groups -OCH3 is 1. The van der Waals surface area contributed by atoms with E-state index >= 15 is 0 Å². The Morgan fingerprint density at radius 2 is 2.21 bits per heavy atom. The molecule has 2 rings (SSSR count). The number of nitrogens with two attached hydrogens (primary N) is 1. The quantitative estimate of drug-likeness (QED) is 0.848. The van der Waals surface area contributed by atoms with Gasteiger partial charge in [-0.1, -0.05) is 6.07 Å². The maximum atomic E-state index is 12.0. The van der Waals surface area contributed by atoms with Gasteiger partial charge in [-0.25, -0.2) is 0 Å². The molecule has 1 aromatic heterocycles. The number of hydrogen-bond donors (Lipinski definition) is 1. The zero-order valence-corrected chi connectivity index (χ0v) is 12.1. The Morgan fingerprint density at radius 1 is 1.47 bits per heavy atom. The van der Waals surface area contributed by atoms with E-state index in [1.54, 1.807) is 18.4 Å². The number of carbonyl (C=O) groups excluding carboxylic acids is 1. The van der Waals surface area contributed by atoms with Gasteiger partial charge in [-0.3, -0.25) is 9.69 Å². The number of nitrogens with zero attached hydrogens (tertiary/aromatic N) is 2. The second-order valence-electron chi connectivity index (χ2n) is 4.74. The third-order valence-corrected chi connectivity index (χ3v) is 4.17. The van der Waals surface area contributed by atoms with Crippen LogP contribution < -0.4 is 5.73 Å². The Morgan fingerprint density at radius 3 is 2.79 bits per heavy atom. The van der Waals surface area contributed by atoms with E-state index < -0.39 is 6.04 Å². The molecule has 0 aliphatic carbocycles. The minimum absolute atomic E-state index is 0.00220. The van der Waals surface area contributed by atoms with Crippen LogP contribution in [0.3, 0.4) is 0 Å². The molecule has 2 heterocycles. The molecule has 1 aliphatic rings. The lowest BCUT2D eigenvalue weighted by Gasteiger charge is -2.35. The average Bonchev–Trinajstić information content (AvgIpc) is 2.92. The van der Waals surface area contributed by atoms with Crippen molar-refractivity contribution >= 4 is 17.2 Å². The topological polar surface area (TPSA) is 58.8 Å². The number of amides is 1. The molecule has 2 N–H and O–H groups in total. The SMILES string of the molecule is COCC(N)C(=O)N1CCN(Cc2cccs2)CC1. The van der Waals surface area contributed by atoms with Gasteiger partial charge in [0.1, 0.15) is 6.04 Å². The average molecular weight is 283 g/mol. The van der Waals surface area contributed by atoms with Crippen LogP contribution in [0.2, 0.25) is 0 Å². The highest BCUT2D eigenvalue weighted by molar-refractivity contribution is 7.09. The second kappa shape index (κ2) is 7.00. The molecule has 1 atom stereocenters. The summed E-state index contributed by atoms with van der Waals surface area (Å²) < 4.78 is 4.93. The standard InChI is InChI=1S/C13H21N3O2S/c1-18-10-12(14)13(17)16-6-4-15(5-7-16)9-11-3-2-8-19-11/h2-3,8,12H,4-7,9-10,14H2,1H3. The maximum absolute atomic E-state index is 12.0. The normalized spacial score (nSPS) is 18.5. The monoisotopic (exact) mass is 283 g/mol. The van der Waals surface area contributed by atoms with Crippen LogP contribution in [-0.4, -0.2) is 61.6 Å². The van der Waals surface area contributed by atoms with Crippen molar-refractivity contribution in [1.82, 2.24) is 9.80 Å². The Labute approximate surface area is 117 Å². The van der Waals surface area contributed by atoms with Crippen LogP contribution in [0.5, 0.6) is 0 Å². The van der Waals surface area contributed by atoms with Gasteiger partial charge >= 0.3 is 0 Å². The van der Waals surface area contributed by atoms with Crippen LogP contribution in [0, 0.1) is 0 Å². The lowest BCUT2D eigenvalue weighted by molar-refractivity contribution is -0.135. The fourth-order valence-electron chi connectivity index (χ4n) is 2.23. The summed E-state index contributed by atoms with van der Waals surface area (Å²) in [4.78, 5) is 17.6. The van der Waals surface area contributed by atoms with Gasteiger partial charge in [0.15, 0.2) is 0 Å². The van der Waals surface area contributed by atoms with Gasteiger partial charge in [0.05, 0.1) is 6.61 Å². The lowest BCUT2D eigenvalue weighted by Crippen LogP contribution is -2.53. The third-order valence-electron chi connectivity index (χ3n) is 3.31. The van der Waals surface area contributed by atoms with E-state index in [2.05, 4.69) is 22.4 Å². The molecule has 1 aromatic rings. The second-order valence-corrected chi connectivity index (χ2v) is 5.77. The number of piperazine rings is 1. The summed E-state index contributed by atoms with van der Waals surface area (Å²) in [6.45, 7) is 4.58. The molecule has 6 heteroatoms. The number of carbonyl (C=O) groups is 1. The largest absolute Gasteiger partial charge is 0.383 e. The molecule has 0 spiro atoms. The number of rotatable bonds is 5. The molecule has 0 bridgehead atoms. The van der Waals surface area contributed by atoms with E-state index in [1.165, 1.54) is 4.88 Å². The molecule has 0 radical (unpaired) electrons. The predicted octanol–water partition coefficient (Wildman–Crippen LogP) is 0.366. The van der Waals surface area contributed by atoms with Crippen molar-refractivity contribution in [2.75, 3.05) is 39.9 Å². The summed E-state index contributed by atoms with van der Waals surface area (Å²) in [7, 11) is 1.56. The van der Waals surface area contributed by atoms with Crippen LogP contribution in [0.1, 0.15) is 4.88 Å². The summed E-state index contributed by atoms with van der Waals surface area (Å²) in [5.41, 5.74) is 5.77. The first-order valence-electron chi connectivity index (χ1n) is 6.48. The molecule has 0 aromatic carbocycles. The van der Waals surface area contributed by atoms with Crippen molar-refractivity contribution in [3.05, 3.63) is 22.4 Å². The fourth-order valence-corrected chi connectivity index (χ4v) is 2.98. The number of ether oxygens (including phenoxy) is 1. The lowest BCUT2D eigenvalue weighted by atomic mass is 10.2. The van der Waals surface area contributed by atoms with Crippen molar-refractivity contribution in [2.45, 2.75) is 12.6 Å². The Balaban J connectivity index is 1.77. The van der Waals surface area contributed by atoms with Crippen LogP contribution in [0.4, 0.5) is 0 Å². The molecule has 1 aliphatic heterocycles. The number of hydrogen-bond acceptors (Lipinski definition) is 5. The molecule has 1 amide bonds. The van der Waals surface area contributed by atoms with E-state index in [0.717, 1.165) is 32.7 Å². The molecular weight excluding hydrogens is 262 g/mol. The molecule has 0 saturated carbocycles. The minimum atomic E-state index is -0.533. The van der Waals surface area contributed by atoms with Crippen molar-refractivity contribution < 1.29 is 9.53 Å². The van der Waals surface area contributed by atoms with E-state index in [9.17, 15) is 4.79 Å².